The normalized spacial score (nSPS) is 10.6. The van der Waals surface area contributed by atoms with Gasteiger partial charge in [-0.2, -0.15) is 0 Å². The Hall–Kier alpha value is -0.850. The molecule has 16 heavy (non-hydrogen) atoms. The van der Waals surface area contributed by atoms with Crippen LogP contribution in [0.4, 0.5) is 0 Å². The second kappa shape index (κ2) is 8.32. The van der Waals surface area contributed by atoms with E-state index in [1.807, 2.05) is 0 Å². The fraction of sp³-hybridized carbons (Fsp3) is 0.667. The van der Waals surface area contributed by atoms with Crippen LogP contribution in [0, 0.1) is 6.92 Å². The molecule has 1 aromatic heterocycles. The second-order valence-electron chi connectivity index (χ2n) is 4.73. The number of unbranched alkanes of at least 4 members (excludes halogenated alkanes) is 6. The highest BCUT2D eigenvalue weighted by molar-refractivity contribution is 5.03. The molecule has 0 aromatic carbocycles. The third-order valence-electron chi connectivity index (χ3n) is 3.08. The molecule has 1 heteroatoms. The van der Waals surface area contributed by atoms with Crippen molar-refractivity contribution in [2.24, 2.45) is 0 Å². The van der Waals surface area contributed by atoms with Gasteiger partial charge in [0, 0.05) is 18.6 Å². The van der Waals surface area contributed by atoms with E-state index in [0.29, 0.717) is 0 Å². The van der Waals surface area contributed by atoms with E-state index < -0.39 is 0 Å². The molecule has 0 radical (unpaired) electrons. The lowest BCUT2D eigenvalue weighted by atomic mass is 10.1. The van der Waals surface area contributed by atoms with Gasteiger partial charge < -0.3 is 0 Å². The number of aryl methyl sites for hydroxylation is 2. The van der Waals surface area contributed by atoms with Crippen LogP contribution >= 0.6 is 0 Å². The summed E-state index contributed by atoms with van der Waals surface area (Å²) in [6.45, 7) is 5.58. The highest BCUT2D eigenvalue weighted by atomic mass is 14.9. The summed E-state index contributed by atoms with van der Waals surface area (Å²) in [5.41, 5.74) is 1.34. The topological polar surface area (TPSA) is 3.88 Å². The van der Waals surface area contributed by atoms with Crippen molar-refractivity contribution in [1.82, 2.24) is 0 Å². The molecule has 0 bridgehead atoms. The lowest BCUT2D eigenvalue weighted by Crippen LogP contribution is -2.32. The van der Waals surface area contributed by atoms with Gasteiger partial charge in [0.25, 0.3) is 0 Å². The van der Waals surface area contributed by atoms with Crippen molar-refractivity contribution < 1.29 is 4.57 Å². The summed E-state index contributed by atoms with van der Waals surface area (Å²) in [4.78, 5) is 0. The molecular weight excluding hydrogens is 194 g/mol. The van der Waals surface area contributed by atoms with Crippen molar-refractivity contribution in [1.29, 1.82) is 0 Å². The Morgan fingerprint density at radius 1 is 0.875 bits per heavy atom. The van der Waals surface area contributed by atoms with Gasteiger partial charge in [0.1, 0.15) is 6.54 Å². The van der Waals surface area contributed by atoms with Gasteiger partial charge in [0.15, 0.2) is 12.4 Å². The van der Waals surface area contributed by atoms with E-state index in [1.165, 1.54) is 57.1 Å². The molecule has 90 valence electrons. The van der Waals surface area contributed by atoms with Crippen LogP contribution in [0.2, 0.25) is 0 Å². The highest BCUT2D eigenvalue weighted by Crippen LogP contribution is 2.06. The summed E-state index contributed by atoms with van der Waals surface area (Å²) in [6, 6.07) is 4.36. The van der Waals surface area contributed by atoms with Gasteiger partial charge in [-0.25, -0.2) is 4.57 Å². The lowest BCUT2D eigenvalue weighted by Gasteiger charge is -1.99. The largest absolute Gasteiger partial charge is 0.205 e. The standard InChI is InChI=1S/C15H26N/c1-3-4-5-6-7-8-9-12-16-13-10-15(2)11-14-16/h10-11,13-14H,3-9,12H2,1-2H3/q+1. The van der Waals surface area contributed by atoms with E-state index in [-0.39, 0.29) is 0 Å². The Bertz CT molecular complexity index is 263. The van der Waals surface area contributed by atoms with Crippen LogP contribution in [0.3, 0.4) is 0 Å². The van der Waals surface area contributed by atoms with E-state index >= 15 is 0 Å². The first-order valence-electron chi connectivity index (χ1n) is 6.78. The zero-order valence-electron chi connectivity index (χ0n) is 10.9. The molecule has 1 nitrogen and oxygen atoms in total. The van der Waals surface area contributed by atoms with Crippen LogP contribution in [-0.4, -0.2) is 0 Å². The van der Waals surface area contributed by atoms with Crippen molar-refractivity contribution in [3.05, 3.63) is 30.1 Å². The Kier molecular flexibility index (Phi) is 6.87. The number of rotatable bonds is 8. The maximum absolute atomic E-state index is 2.29. The molecule has 0 saturated heterocycles. The molecule has 1 rings (SSSR count). The minimum absolute atomic E-state index is 1.17. The quantitative estimate of drug-likeness (QED) is 0.460. The minimum atomic E-state index is 1.17. The first-order chi connectivity index (χ1) is 7.83. The van der Waals surface area contributed by atoms with E-state index in [1.54, 1.807) is 0 Å². The molecule has 0 fully saturated rings. The molecule has 1 aromatic rings. The van der Waals surface area contributed by atoms with Crippen molar-refractivity contribution >= 4 is 0 Å². The maximum atomic E-state index is 2.29. The highest BCUT2D eigenvalue weighted by Gasteiger charge is 1.98. The lowest BCUT2D eigenvalue weighted by molar-refractivity contribution is -0.697. The fourth-order valence-electron chi connectivity index (χ4n) is 1.93. The average molecular weight is 220 g/mol. The summed E-state index contributed by atoms with van der Waals surface area (Å²) in [6.07, 6.45) is 14.1. The molecule has 0 aliphatic carbocycles. The van der Waals surface area contributed by atoms with Gasteiger partial charge in [-0.3, -0.25) is 0 Å². The number of hydrogen-bond donors (Lipinski definition) is 0. The van der Waals surface area contributed by atoms with Crippen LogP contribution in [0.15, 0.2) is 24.5 Å². The number of pyridine rings is 1. The van der Waals surface area contributed by atoms with Crippen molar-refractivity contribution in [3.63, 3.8) is 0 Å². The zero-order chi connectivity index (χ0) is 11.6. The van der Waals surface area contributed by atoms with E-state index in [2.05, 4.69) is 42.9 Å². The van der Waals surface area contributed by atoms with Gasteiger partial charge in [0.2, 0.25) is 0 Å². The summed E-state index contributed by atoms with van der Waals surface area (Å²) in [5.74, 6) is 0. The molecule has 0 aliphatic rings. The van der Waals surface area contributed by atoms with Gasteiger partial charge in [-0.15, -0.1) is 0 Å². The summed E-state index contributed by atoms with van der Waals surface area (Å²) in [5, 5.41) is 0. The molecule has 0 N–H and O–H groups in total. The Morgan fingerprint density at radius 2 is 1.44 bits per heavy atom. The van der Waals surface area contributed by atoms with Gasteiger partial charge >= 0.3 is 0 Å². The molecule has 0 unspecified atom stereocenters. The Balaban J connectivity index is 2.01. The predicted octanol–water partition coefficient (Wildman–Crippen LogP) is 4.03. The molecule has 0 saturated carbocycles. The molecule has 1 heterocycles. The second-order valence-corrected chi connectivity index (χ2v) is 4.73. The zero-order valence-corrected chi connectivity index (χ0v) is 10.9. The van der Waals surface area contributed by atoms with E-state index in [9.17, 15) is 0 Å². The first-order valence-corrected chi connectivity index (χ1v) is 6.78. The Morgan fingerprint density at radius 3 is 2.06 bits per heavy atom. The number of hydrogen-bond acceptors (Lipinski definition) is 0. The average Bonchev–Trinajstić information content (AvgIpc) is 2.30. The first kappa shape index (κ1) is 13.2. The van der Waals surface area contributed by atoms with Crippen LogP contribution in [0.1, 0.15) is 57.4 Å². The van der Waals surface area contributed by atoms with Crippen LogP contribution in [-0.2, 0) is 6.54 Å². The summed E-state index contributed by atoms with van der Waals surface area (Å²) < 4.78 is 2.29. The summed E-state index contributed by atoms with van der Waals surface area (Å²) >= 11 is 0. The molecule has 0 spiro atoms. The molecule has 0 aliphatic heterocycles. The summed E-state index contributed by atoms with van der Waals surface area (Å²) in [7, 11) is 0. The van der Waals surface area contributed by atoms with Crippen LogP contribution in [0.5, 0.6) is 0 Å². The predicted molar refractivity (Wildman–Crippen MR) is 69.4 cm³/mol. The van der Waals surface area contributed by atoms with Gasteiger partial charge in [0.05, 0.1) is 0 Å². The maximum Gasteiger partial charge on any atom is 0.169 e. The minimum Gasteiger partial charge on any atom is -0.205 e. The van der Waals surface area contributed by atoms with E-state index in [4.69, 9.17) is 0 Å². The monoisotopic (exact) mass is 220 g/mol. The van der Waals surface area contributed by atoms with Crippen LogP contribution < -0.4 is 4.57 Å². The van der Waals surface area contributed by atoms with Crippen molar-refractivity contribution in [3.8, 4) is 0 Å². The van der Waals surface area contributed by atoms with Crippen molar-refractivity contribution in [2.45, 2.75) is 65.3 Å². The number of aromatic nitrogens is 1. The molecule has 0 amide bonds. The van der Waals surface area contributed by atoms with Gasteiger partial charge in [-0.1, -0.05) is 39.0 Å². The van der Waals surface area contributed by atoms with Crippen molar-refractivity contribution in [2.75, 3.05) is 0 Å². The smallest absolute Gasteiger partial charge is 0.169 e. The fourth-order valence-corrected chi connectivity index (χ4v) is 1.93. The molecule has 0 atom stereocenters. The third kappa shape index (κ3) is 5.89. The van der Waals surface area contributed by atoms with E-state index in [0.717, 1.165) is 0 Å². The van der Waals surface area contributed by atoms with Crippen LogP contribution in [0.25, 0.3) is 0 Å². The third-order valence-corrected chi connectivity index (χ3v) is 3.08. The van der Waals surface area contributed by atoms with Gasteiger partial charge in [-0.05, 0) is 18.9 Å². The molecular formula is C15H26N+. The Labute approximate surface area is 101 Å². The SMILES string of the molecule is CCCCCCCCC[n+]1ccc(C)cc1. The number of nitrogens with zero attached hydrogens (tertiary/aromatic N) is 1.